The van der Waals surface area contributed by atoms with E-state index < -0.39 is 0 Å². The monoisotopic (exact) mass is 290 g/mol. The van der Waals surface area contributed by atoms with Gasteiger partial charge < -0.3 is 9.42 Å². The molecule has 0 aliphatic carbocycles. The first-order valence-corrected chi connectivity index (χ1v) is 7.89. The van der Waals surface area contributed by atoms with Gasteiger partial charge in [0.25, 0.3) is 5.91 Å². The highest BCUT2D eigenvalue weighted by Crippen LogP contribution is 2.37. The standard InChI is InChI=1S/C15H18N2O2S/c1-3-12-14(10(2)16-19-12)11-6-4-8-17(11)15(18)13-7-5-9-20-13/h5,7,9,11H,3-4,6,8H2,1-2H3/t11-/m0/s1. The number of hydrogen-bond donors (Lipinski definition) is 0. The van der Waals surface area contributed by atoms with E-state index in [1.807, 2.05) is 29.3 Å². The smallest absolute Gasteiger partial charge is 0.264 e. The molecule has 1 saturated heterocycles. The molecule has 0 unspecified atom stereocenters. The molecule has 1 amide bonds. The normalized spacial score (nSPS) is 18.7. The van der Waals surface area contributed by atoms with Gasteiger partial charge in [0.15, 0.2) is 0 Å². The van der Waals surface area contributed by atoms with Crippen LogP contribution in [0.4, 0.5) is 0 Å². The molecule has 1 aliphatic rings. The van der Waals surface area contributed by atoms with Crippen LogP contribution in [0.15, 0.2) is 22.0 Å². The van der Waals surface area contributed by atoms with Crippen LogP contribution in [0, 0.1) is 6.92 Å². The summed E-state index contributed by atoms with van der Waals surface area (Å²) in [4.78, 5) is 15.4. The molecule has 0 radical (unpaired) electrons. The van der Waals surface area contributed by atoms with E-state index >= 15 is 0 Å². The lowest BCUT2D eigenvalue weighted by Gasteiger charge is -2.24. The summed E-state index contributed by atoms with van der Waals surface area (Å²) in [5.41, 5.74) is 2.03. The van der Waals surface area contributed by atoms with Crippen LogP contribution in [0.1, 0.15) is 52.5 Å². The topological polar surface area (TPSA) is 46.3 Å². The van der Waals surface area contributed by atoms with Crippen LogP contribution in [-0.2, 0) is 6.42 Å². The van der Waals surface area contributed by atoms with E-state index in [4.69, 9.17) is 4.52 Å². The Balaban J connectivity index is 1.93. The Morgan fingerprint density at radius 3 is 3.15 bits per heavy atom. The summed E-state index contributed by atoms with van der Waals surface area (Å²) in [7, 11) is 0. The molecule has 0 bridgehead atoms. The van der Waals surface area contributed by atoms with Gasteiger partial charge in [-0.05, 0) is 31.2 Å². The SMILES string of the molecule is CCc1onc(C)c1[C@@H]1CCCN1C(=O)c1cccs1. The second kappa shape index (κ2) is 5.40. The third kappa shape index (κ3) is 2.16. The van der Waals surface area contributed by atoms with Crippen LogP contribution < -0.4 is 0 Å². The predicted octanol–water partition coefficient (Wildman–Crippen LogP) is 3.58. The van der Waals surface area contributed by atoms with Crippen LogP contribution in [0.25, 0.3) is 0 Å². The maximum absolute atomic E-state index is 12.6. The van der Waals surface area contributed by atoms with Crippen LogP contribution in [0.5, 0.6) is 0 Å². The summed E-state index contributed by atoms with van der Waals surface area (Å²) in [6, 6.07) is 3.93. The van der Waals surface area contributed by atoms with Gasteiger partial charge in [0.1, 0.15) is 5.76 Å². The van der Waals surface area contributed by atoms with E-state index in [1.54, 1.807) is 0 Å². The van der Waals surface area contributed by atoms with Crippen LogP contribution in [-0.4, -0.2) is 22.5 Å². The molecule has 3 rings (SSSR count). The van der Waals surface area contributed by atoms with Gasteiger partial charge in [-0.15, -0.1) is 11.3 Å². The van der Waals surface area contributed by atoms with Gasteiger partial charge >= 0.3 is 0 Å². The highest BCUT2D eigenvalue weighted by Gasteiger charge is 2.34. The summed E-state index contributed by atoms with van der Waals surface area (Å²) in [6.45, 7) is 4.84. The fourth-order valence-electron chi connectivity index (χ4n) is 2.96. The molecule has 2 aromatic rings. The Hall–Kier alpha value is -1.62. The molecule has 1 fully saturated rings. The molecule has 1 atom stereocenters. The van der Waals surface area contributed by atoms with Crippen LogP contribution in [0.2, 0.25) is 0 Å². The van der Waals surface area contributed by atoms with Crippen molar-refractivity contribution in [3.63, 3.8) is 0 Å². The minimum atomic E-state index is 0.116. The molecule has 3 heterocycles. The highest BCUT2D eigenvalue weighted by molar-refractivity contribution is 7.12. The number of amides is 1. The zero-order valence-electron chi connectivity index (χ0n) is 11.8. The number of hydrogen-bond acceptors (Lipinski definition) is 4. The van der Waals surface area contributed by atoms with Crippen molar-refractivity contribution in [2.45, 2.75) is 39.2 Å². The summed E-state index contributed by atoms with van der Waals surface area (Å²) >= 11 is 1.50. The number of thiophene rings is 1. The van der Waals surface area contributed by atoms with E-state index in [9.17, 15) is 4.79 Å². The van der Waals surface area contributed by atoms with Gasteiger partial charge in [-0.3, -0.25) is 4.79 Å². The fraction of sp³-hybridized carbons (Fsp3) is 0.467. The Morgan fingerprint density at radius 2 is 2.45 bits per heavy atom. The molecule has 0 spiro atoms. The minimum absolute atomic E-state index is 0.116. The quantitative estimate of drug-likeness (QED) is 0.868. The Labute approximate surface area is 122 Å². The van der Waals surface area contributed by atoms with Crippen molar-refractivity contribution < 1.29 is 9.32 Å². The van der Waals surface area contributed by atoms with Gasteiger partial charge in [-0.1, -0.05) is 18.1 Å². The van der Waals surface area contributed by atoms with E-state index in [0.717, 1.165) is 47.7 Å². The first-order valence-electron chi connectivity index (χ1n) is 7.02. The summed E-state index contributed by atoms with van der Waals surface area (Å²) in [5, 5.41) is 6.02. The molecular formula is C15H18N2O2S. The zero-order chi connectivity index (χ0) is 14.1. The Bertz CT molecular complexity index is 603. The Kier molecular flexibility index (Phi) is 3.61. The second-order valence-corrected chi connectivity index (χ2v) is 6.04. The van der Waals surface area contributed by atoms with E-state index in [-0.39, 0.29) is 11.9 Å². The number of carbonyl (C=O) groups is 1. The van der Waals surface area contributed by atoms with Crippen molar-refractivity contribution in [2.24, 2.45) is 0 Å². The van der Waals surface area contributed by atoms with Gasteiger partial charge in [0, 0.05) is 18.5 Å². The third-order valence-corrected chi connectivity index (χ3v) is 4.74. The van der Waals surface area contributed by atoms with Crippen LogP contribution in [0.3, 0.4) is 0 Å². The molecule has 1 aliphatic heterocycles. The number of likely N-dealkylation sites (tertiary alicyclic amines) is 1. The summed E-state index contributed by atoms with van der Waals surface area (Å²) < 4.78 is 5.39. The molecule has 20 heavy (non-hydrogen) atoms. The minimum Gasteiger partial charge on any atom is -0.361 e. The number of carbonyl (C=O) groups excluding carboxylic acids is 1. The molecule has 106 valence electrons. The lowest BCUT2D eigenvalue weighted by Crippen LogP contribution is -2.30. The van der Waals surface area contributed by atoms with Gasteiger partial charge in [-0.25, -0.2) is 0 Å². The van der Waals surface area contributed by atoms with Crippen molar-refractivity contribution in [1.29, 1.82) is 0 Å². The Morgan fingerprint density at radius 1 is 1.60 bits per heavy atom. The lowest BCUT2D eigenvalue weighted by molar-refractivity contribution is 0.0739. The molecule has 0 aromatic carbocycles. The highest BCUT2D eigenvalue weighted by atomic mass is 32.1. The maximum Gasteiger partial charge on any atom is 0.264 e. The molecule has 2 aromatic heterocycles. The van der Waals surface area contributed by atoms with E-state index in [2.05, 4.69) is 12.1 Å². The second-order valence-electron chi connectivity index (χ2n) is 5.09. The van der Waals surface area contributed by atoms with Crippen molar-refractivity contribution in [3.8, 4) is 0 Å². The first kappa shape index (κ1) is 13.4. The molecular weight excluding hydrogens is 272 g/mol. The lowest BCUT2D eigenvalue weighted by atomic mass is 10.0. The number of aryl methyl sites for hydroxylation is 2. The van der Waals surface area contributed by atoms with Gasteiger partial charge in [0.2, 0.25) is 0 Å². The average molecular weight is 290 g/mol. The number of rotatable bonds is 3. The fourth-order valence-corrected chi connectivity index (χ4v) is 3.64. The number of nitrogens with zero attached hydrogens (tertiary/aromatic N) is 2. The van der Waals surface area contributed by atoms with Crippen molar-refractivity contribution in [2.75, 3.05) is 6.54 Å². The summed E-state index contributed by atoms with van der Waals surface area (Å²) in [6.07, 6.45) is 2.84. The van der Waals surface area contributed by atoms with E-state index in [0.29, 0.717) is 0 Å². The van der Waals surface area contributed by atoms with Crippen molar-refractivity contribution in [3.05, 3.63) is 39.4 Å². The molecule has 0 saturated carbocycles. The van der Waals surface area contributed by atoms with Gasteiger partial charge in [-0.2, -0.15) is 0 Å². The van der Waals surface area contributed by atoms with E-state index in [1.165, 1.54) is 11.3 Å². The molecule has 5 heteroatoms. The summed E-state index contributed by atoms with van der Waals surface area (Å²) in [5.74, 6) is 1.04. The largest absolute Gasteiger partial charge is 0.361 e. The third-order valence-electron chi connectivity index (χ3n) is 3.88. The van der Waals surface area contributed by atoms with Crippen LogP contribution >= 0.6 is 11.3 Å². The van der Waals surface area contributed by atoms with Crippen molar-refractivity contribution >= 4 is 17.2 Å². The number of aromatic nitrogens is 1. The predicted molar refractivity (Wildman–Crippen MR) is 77.9 cm³/mol. The molecule has 4 nitrogen and oxygen atoms in total. The maximum atomic E-state index is 12.6. The first-order chi connectivity index (χ1) is 9.72. The molecule has 0 N–H and O–H groups in total. The average Bonchev–Trinajstić information content (AvgIpc) is 3.17. The van der Waals surface area contributed by atoms with Crippen molar-refractivity contribution in [1.82, 2.24) is 10.1 Å². The zero-order valence-corrected chi connectivity index (χ0v) is 12.6. The van der Waals surface area contributed by atoms with Gasteiger partial charge in [0.05, 0.1) is 16.6 Å².